The van der Waals surface area contributed by atoms with Gasteiger partial charge in [-0.05, 0) is 51.6 Å². The van der Waals surface area contributed by atoms with Crippen molar-refractivity contribution in [3.63, 3.8) is 0 Å². The predicted octanol–water partition coefficient (Wildman–Crippen LogP) is 3.55. The molecule has 1 aromatic rings. The maximum Gasteiger partial charge on any atom is 0.303 e. The number of benzene rings is 1. The van der Waals surface area contributed by atoms with E-state index in [9.17, 15) is 4.79 Å². The van der Waals surface area contributed by atoms with Crippen molar-refractivity contribution in [2.24, 2.45) is 5.92 Å². The van der Waals surface area contributed by atoms with Crippen LogP contribution in [0.25, 0.3) is 0 Å². The number of nitrogens with zero attached hydrogens (tertiary/aromatic N) is 1. The number of para-hydroxylation sites is 1. The third kappa shape index (κ3) is 5.34. The molecule has 4 heteroatoms. The van der Waals surface area contributed by atoms with Gasteiger partial charge in [0.05, 0.1) is 6.10 Å². The average Bonchev–Trinajstić information content (AvgIpc) is 2.47. The van der Waals surface area contributed by atoms with E-state index in [0.29, 0.717) is 5.92 Å². The van der Waals surface area contributed by atoms with Gasteiger partial charge in [-0.3, -0.25) is 9.69 Å². The fourth-order valence-electron chi connectivity index (χ4n) is 3.10. The molecule has 1 heterocycles. The smallest absolute Gasteiger partial charge is 0.303 e. The highest BCUT2D eigenvalue weighted by Gasteiger charge is 2.21. The number of piperidine rings is 1. The summed E-state index contributed by atoms with van der Waals surface area (Å²) in [5, 5.41) is 8.84. The van der Waals surface area contributed by atoms with Gasteiger partial charge >= 0.3 is 5.97 Å². The minimum Gasteiger partial charge on any atom is -0.491 e. The molecule has 1 aromatic carbocycles. The number of hydrogen-bond acceptors (Lipinski definition) is 3. The SMILES string of the molecule is CC(C)Oc1ccccc1CN1CCCC(CCC(=O)O)C1. The van der Waals surface area contributed by atoms with Crippen molar-refractivity contribution in [1.82, 2.24) is 4.90 Å². The Labute approximate surface area is 133 Å². The molecule has 1 atom stereocenters. The van der Waals surface area contributed by atoms with Crippen LogP contribution in [0.4, 0.5) is 0 Å². The van der Waals surface area contributed by atoms with Crippen LogP contribution in [0.15, 0.2) is 24.3 Å². The Morgan fingerprint density at radius 3 is 2.91 bits per heavy atom. The van der Waals surface area contributed by atoms with Gasteiger partial charge in [-0.15, -0.1) is 0 Å². The molecule has 0 saturated carbocycles. The first-order chi connectivity index (χ1) is 10.5. The van der Waals surface area contributed by atoms with Crippen molar-refractivity contribution in [2.75, 3.05) is 13.1 Å². The fraction of sp³-hybridized carbons (Fsp3) is 0.611. The molecule has 1 aliphatic rings. The van der Waals surface area contributed by atoms with E-state index in [2.05, 4.69) is 11.0 Å². The normalized spacial score (nSPS) is 19.3. The van der Waals surface area contributed by atoms with Crippen molar-refractivity contribution in [2.45, 2.75) is 52.2 Å². The number of carboxylic acid groups (broad SMARTS) is 1. The Balaban J connectivity index is 1.94. The van der Waals surface area contributed by atoms with Crippen molar-refractivity contribution in [3.8, 4) is 5.75 Å². The molecule has 122 valence electrons. The molecule has 1 saturated heterocycles. The molecule has 1 unspecified atom stereocenters. The van der Waals surface area contributed by atoms with E-state index < -0.39 is 5.97 Å². The molecule has 0 aliphatic carbocycles. The highest BCUT2D eigenvalue weighted by Crippen LogP contribution is 2.26. The number of carbonyl (C=O) groups is 1. The first-order valence-corrected chi connectivity index (χ1v) is 8.23. The van der Waals surface area contributed by atoms with Gasteiger partial charge in [-0.2, -0.15) is 0 Å². The minimum absolute atomic E-state index is 0.172. The van der Waals surface area contributed by atoms with Gasteiger partial charge in [0.2, 0.25) is 0 Å². The number of carboxylic acids is 1. The molecule has 4 nitrogen and oxygen atoms in total. The Kier molecular flexibility index (Phi) is 6.25. The van der Waals surface area contributed by atoms with Crippen LogP contribution in [-0.2, 0) is 11.3 Å². The van der Waals surface area contributed by atoms with Gasteiger partial charge in [0.15, 0.2) is 0 Å². The van der Waals surface area contributed by atoms with E-state index in [1.807, 2.05) is 32.0 Å². The molecular weight excluding hydrogens is 278 g/mol. The molecule has 22 heavy (non-hydrogen) atoms. The molecule has 0 spiro atoms. The van der Waals surface area contributed by atoms with Crippen molar-refractivity contribution >= 4 is 5.97 Å². The van der Waals surface area contributed by atoms with Gasteiger partial charge in [0, 0.05) is 25.1 Å². The number of hydrogen-bond donors (Lipinski definition) is 1. The summed E-state index contributed by atoms with van der Waals surface area (Å²) in [7, 11) is 0. The first-order valence-electron chi connectivity index (χ1n) is 8.23. The lowest BCUT2D eigenvalue weighted by atomic mass is 9.93. The average molecular weight is 305 g/mol. The summed E-state index contributed by atoms with van der Waals surface area (Å²) in [5.41, 5.74) is 1.22. The molecule has 0 radical (unpaired) electrons. The quantitative estimate of drug-likeness (QED) is 0.837. The van der Waals surface area contributed by atoms with E-state index in [1.165, 1.54) is 5.56 Å². The number of aliphatic carboxylic acids is 1. The number of likely N-dealkylation sites (tertiary alicyclic amines) is 1. The van der Waals surface area contributed by atoms with Crippen LogP contribution in [0.2, 0.25) is 0 Å². The maximum absolute atomic E-state index is 10.7. The van der Waals surface area contributed by atoms with E-state index in [4.69, 9.17) is 9.84 Å². The zero-order valence-electron chi connectivity index (χ0n) is 13.6. The fourth-order valence-corrected chi connectivity index (χ4v) is 3.10. The Hall–Kier alpha value is -1.55. The summed E-state index contributed by atoms with van der Waals surface area (Å²) >= 11 is 0. The molecular formula is C18H27NO3. The standard InChI is InChI=1S/C18H27NO3/c1-14(2)22-17-8-4-3-7-16(17)13-19-11-5-6-15(12-19)9-10-18(20)21/h3-4,7-8,14-15H,5-6,9-13H2,1-2H3,(H,20,21). The van der Waals surface area contributed by atoms with E-state index in [1.54, 1.807) is 0 Å². The van der Waals surface area contributed by atoms with Crippen LogP contribution in [0.1, 0.15) is 45.1 Å². The molecule has 1 fully saturated rings. The lowest BCUT2D eigenvalue weighted by molar-refractivity contribution is -0.137. The van der Waals surface area contributed by atoms with Crippen LogP contribution in [0.5, 0.6) is 5.75 Å². The maximum atomic E-state index is 10.7. The lowest BCUT2D eigenvalue weighted by Crippen LogP contribution is -2.35. The van der Waals surface area contributed by atoms with Gasteiger partial charge in [-0.25, -0.2) is 0 Å². The Morgan fingerprint density at radius 2 is 2.18 bits per heavy atom. The minimum atomic E-state index is -0.687. The van der Waals surface area contributed by atoms with Crippen LogP contribution in [-0.4, -0.2) is 35.2 Å². The zero-order chi connectivity index (χ0) is 15.9. The molecule has 0 aromatic heterocycles. The summed E-state index contributed by atoms with van der Waals surface area (Å²) in [6.45, 7) is 7.04. The van der Waals surface area contributed by atoms with Crippen molar-refractivity contribution < 1.29 is 14.6 Å². The van der Waals surface area contributed by atoms with Crippen LogP contribution >= 0.6 is 0 Å². The molecule has 1 N–H and O–H groups in total. The molecule has 0 bridgehead atoms. The summed E-state index contributed by atoms with van der Waals surface area (Å²) in [6, 6.07) is 8.21. The van der Waals surface area contributed by atoms with Gasteiger partial charge in [0.1, 0.15) is 5.75 Å². The Bertz CT molecular complexity index is 487. The molecule has 2 rings (SSSR count). The second-order valence-corrected chi connectivity index (χ2v) is 6.45. The monoisotopic (exact) mass is 305 g/mol. The van der Waals surface area contributed by atoms with Crippen molar-refractivity contribution in [1.29, 1.82) is 0 Å². The largest absolute Gasteiger partial charge is 0.491 e. The van der Waals surface area contributed by atoms with Crippen LogP contribution in [0.3, 0.4) is 0 Å². The summed E-state index contributed by atoms with van der Waals surface area (Å²) in [4.78, 5) is 13.2. The van der Waals surface area contributed by atoms with Crippen LogP contribution in [0, 0.1) is 5.92 Å². The van der Waals surface area contributed by atoms with E-state index in [0.717, 1.165) is 44.6 Å². The van der Waals surface area contributed by atoms with Gasteiger partial charge < -0.3 is 9.84 Å². The van der Waals surface area contributed by atoms with E-state index >= 15 is 0 Å². The first kappa shape index (κ1) is 16.8. The van der Waals surface area contributed by atoms with Gasteiger partial charge in [0.25, 0.3) is 0 Å². The van der Waals surface area contributed by atoms with Crippen molar-refractivity contribution in [3.05, 3.63) is 29.8 Å². The molecule has 1 aliphatic heterocycles. The third-order valence-electron chi connectivity index (χ3n) is 4.10. The number of rotatable bonds is 7. The second kappa shape index (κ2) is 8.18. The second-order valence-electron chi connectivity index (χ2n) is 6.45. The third-order valence-corrected chi connectivity index (χ3v) is 4.10. The van der Waals surface area contributed by atoms with Crippen LogP contribution < -0.4 is 4.74 Å². The summed E-state index contributed by atoms with van der Waals surface area (Å²) < 4.78 is 5.89. The Morgan fingerprint density at radius 1 is 1.41 bits per heavy atom. The number of ether oxygens (including phenoxy) is 1. The topological polar surface area (TPSA) is 49.8 Å². The van der Waals surface area contributed by atoms with Gasteiger partial charge in [-0.1, -0.05) is 18.2 Å². The zero-order valence-corrected chi connectivity index (χ0v) is 13.6. The summed E-state index contributed by atoms with van der Waals surface area (Å²) in [6.07, 6.45) is 3.54. The highest BCUT2D eigenvalue weighted by atomic mass is 16.5. The summed E-state index contributed by atoms with van der Waals surface area (Å²) in [5.74, 6) is 0.779. The molecule has 0 amide bonds. The predicted molar refractivity (Wildman–Crippen MR) is 87.1 cm³/mol. The highest BCUT2D eigenvalue weighted by molar-refractivity contribution is 5.66. The lowest BCUT2D eigenvalue weighted by Gasteiger charge is -2.33. The van der Waals surface area contributed by atoms with E-state index in [-0.39, 0.29) is 12.5 Å².